The van der Waals surface area contributed by atoms with Crippen molar-refractivity contribution in [2.24, 2.45) is 0 Å². The quantitative estimate of drug-likeness (QED) is 0.315. The summed E-state index contributed by atoms with van der Waals surface area (Å²) < 4.78 is 2.00. The Labute approximate surface area is 184 Å². The Morgan fingerprint density at radius 1 is 1.10 bits per heavy atom. The van der Waals surface area contributed by atoms with E-state index in [9.17, 15) is 9.59 Å². The van der Waals surface area contributed by atoms with Crippen molar-refractivity contribution in [2.75, 3.05) is 11.1 Å². The van der Waals surface area contributed by atoms with E-state index < -0.39 is 0 Å². The van der Waals surface area contributed by atoms with Crippen LogP contribution in [0.2, 0.25) is 10.0 Å². The second-order valence-corrected chi connectivity index (χ2v) is 8.67. The first-order valence-electron chi connectivity index (χ1n) is 8.46. The Morgan fingerprint density at radius 2 is 1.86 bits per heavy atom. The smallest absolute Gasteiger partial charge is 0.276 e. The average Bonchev–Trinajstić information content (AvgIpc) is 3.18. The van der Waals surface area contributed by atoms with Crippen molar-refractivity contribution in [1.29, 1.82) is 0 Å². The van der Waals surface area contributed by atoms with E-state index in [-0.39, 0.29) is 17.2 Å². The second kappa shape index (κ2) is 8.59. The molecule has 2 aromatic carbocycles. The number of nitrogens with zero attached hydrogens (tertiary/aromatic N) is 2. The number of halogens is 2. The third-order valence-electron chi connectivity index (χ3n) is 4.00. The minimum Gasteiger partial charge on any atom is -0.325 e. The fourth-order valence-electron chi connectivity index (χ4n) is 2.69. The van der Waals surface area contributed by atoms with Crippen molar-refractivity contribution in [1.82, 2.24) is 9.55 Å². The fourth-order valence-corrected chi connectivity index (χ4v) is 4.61. The van der Waals surface area contributed by atoms with Crippen LogP contribution in [-0.2, 0) is 4.79 Å². The summed E-state index contributed by atoms with van der Waals surface area (Å²) in [7, 11) is 0. The lowest BCUT2D eigenvalue weighted by atomic mass is 10.3. The molecule has 0 fully saturated rings. The van der Waals surface area contributed by atoms with E-state index in [1.807, 2.05) is 5.38 Å². The number of thioether (sulfide) groups is 1. The highest BCUT2D eigenvalue weighted by Gasteiger charge is 2.17. The molecule has 0 bridgehead atoms. The number of hydrogen-bond acceptors (Lipinski definition) is 5. The van der Waals surface area contributed by atoms with Gasteiger partial charge < -0.3 is 5.32 Å². The SMILES string of the molecule is O=C(CSc1nc2ccsc2c(=O)n1-c1ccccc1Cl)Nc1ccc(Cl)cc1. The van der Waals surface area contributed by atoms with Gasteiger partial charge in [-0.05, 0) is 47.8 Å². The summed E-state index contributed by atoms with van der Waals surface area (Å²) in [6, 6.07) is 15.7. The number of anilines is 1. The first-order chi connectivity index (χ1) is 14.0. The fraction of sp³-hybridized carbons (Fsp3) is 0.0500. The maximum absolute atomic E-state index is 13.1. The van der Waals surface area contributed by atoms with Gasteiger partial charge in [0.05, 0.1) is 22.0 Å². The zero-order valence-corrected chi connectivity index (χ0v) is 17.9. The van der Waals surface area contributed by atoms with E-state index in [4.69, 9.17) is 23.2 Å². The average molecular weight is 462 g/mol. The maximum Gasteiger partial charge on any atom is 0.276 e. The van der Waals surface area contributed by atoms with E-state index >= 15 is 0 Å². The van der Waals surface area contributed by atoms with Gasteiger partial charge in [0.2, 0.25) is 5.91 Å². The second-order valence-electron chi connectivity index (χ2n) is 5.97. The lowest BCUT2D eigenvalue weighted by Gasteiger charge is -2.13. The number of hydrogen-bond donors (Lipinski definition) is 1. The number of rotatable bonds is 5. The van der Waals surface area contributed by atoms with Gasteiger partial charge in [0.1, 0.15) is 4.70 Å². The summed E-state index contributed by atoms with van der Waals surface area (Å²) in [4.78, 5) is 30.0. The Balaban J connectivity index is 1.65. The molecule has 9 heteroatoms. The molecule has 2 heterocycles. The summed E-state index contributed by atoms with van der Waals surface area (Å²) in [5, 5.41) is 6.04. The van der Waals surface area contributed by atoms with Gasteiger partial charge in [-0.1, -0.05) is 47.1 Å². The highest BCUT2D eigenvalue weighted by molar-refractivity contribution is 7.99. The molecule has 1 N–H and O–H groups in total. The molecule has 0 aliphatic carbocycles. The molecular formula is C20H13Cl2N3O2S2. The Hall–Kier alpha value is -2.32. The summed E-state index contributed by atoms with van der Waals surface area (Å²) in [5.41, 5.74) is 1.56. The van der Waals surface area contributed by atoms with E-state index in [1.165, 1.54) is 27.7 Å². The molecule has 4 aromatic rings. The van der Waals surface area contributed by atoms with Gasteiger partial charge in [0.15, 0.2) is 5.16 Å². The van der Waals surface area contributed by atoms with E-state index in [2.05, 4.69) is 10.3 Å². The number of benzene rings is 2. The van der Waals surface area contributed by atoms with Crippen LogP contribution in [0.25, 0.3) is 15.9 Å². The number of para-hydroxylation sites is 1. The molecule has 0 saturated carbocycles. The summed E-state index contributed by atoms with van der Waals surface area (Å²) in [6.45, 7) is 0. The van der Waals surface area contributed by atoms with Crippen LogP contribution < -0.4 is 10.9 Å². The zero-order chi connectivity index (χ0) is 20.4. The summed E-state index contributed by atoms with van der Waals surface area (Å²) in [6.07, 6.45) is 0. The molecule has 0 unspecified atom stereocenters. The molecule has 0 saturated heterocycles. The monoisotopic (exact) mass is 461 g/mol. The predicted octanol–water partition coefficient (Wildman–Crippen LogP) is 5.48. The van der Waals surface area contributed by atoms with Crippen LogP contribution in [0, 0.1) is 0 Å². The first kappa shape index (κ1) is 20.0. The van der Waals surface area contributed by atoms with Gasteiger partial charge in [-0.25, -0.2) is 4.98 Å². The van der Waals surface area contributed by atoms with Crippen molar-refractivity contribution in [3.05, 3.63) is 80.4 Å². The topological polar surface area (TPSA) is 64.0 Å². The van der Waals surface area contributed by atoms with Crippen molar-refractivity contribution < 1.29 is 4.79 Å². The number of nitrogens with one attached hydrogen (secondary N) is 1. The molecule has 4 rings (SSSR count). The lowest BCUT2D eigenvalue weighted by Crippen LogP contribution is -2.22. The Morgan fingerprint density at radius 3 is 2.62 bits per heavy atom. The van der Waals surface area contributed by atoms with E-state index in [0.717, 1.165) is 0 Å². The van der Waals surface area contributed by atoms with Gasteiger partial charge in [-0.3, -0.25) is 14.2 Å². The van der Waals surface area contributed by atoms with Gasteiger partial charge in [0.25, 0.3) is 5.56 Å². The molecule has 5 nitrogen and oxygen atoms in total. The number of carbonyl (C=O) groups is 1. The highest BCUT2D eigenvalue weighted by Crippen LogP contribution is 2.27. The Bertz CT molecular complexity index is 1250. The molecule has 0 radical (unpaired) electrons. The van der Waals surface area contributed by atoms with Crippen LogP contribution in [0.3, 0.4) is 0 Å². The zero-order valence-electron chi connectivity index (χ0n) is 14.8. The van der Waals surface area contributed by atoms with E-state index in [1.54, 1.807) is 54.6 Å². The molecule has 1 amide bonds. The van der Waals surface area contributed by atoms with Crippen LogP contribution in [0.15, 0.2) is 69.9 Å². The predicted molar refractivity (Wildman–Crippen MR) is 121 cm³/mol. The first-order valence-corrected chi connectivity index (χ1v) is 11.1. The molecule has 2 aromatic heterocycles. The molecule has 0 aliphatic rings. The highest BCUT2D eigenvalue weighted by atomic mass is 35.5. The molecular weight excluding hydrogens is 449 g/mol. The number of fused-ring (bicyclic) bond motifs is 1. The molecule has 0 atom stereocenters. The van der Waals surface area contributed by atoms with E-state index in [0.29, 0.717) is 36.8 Å². The third-order valence-corrected chi connectivity index (χ3v) is 6.40. The van der Waals surface area contributed by atoms with Crippen LogP contribution >= 0.6 is 46.3 Å². The van der Waals surface area contributed by atoms with Crippen LogP contribution in [-0.4, -0.2) is 21.2 Å². The summed E-state index contributed by atoms with van der Waals surface area (Å²) in [5.74, 6) is -0.141. The molecule has 0 spiro atoms. The Kier molecular flexibility index (Phi) is 5.91. The van der Waals surface area contributed by atoms with Crippen LogP contribution in [0.1, 0.15) is 0 Å². The van der Waals surface area contributed by atoms with Crippen molar-refractivity contribution in [3.8, 4) is 5.69 Å². The number of thiophene rings is 1. The van der Waals surface area contributed by atoms with Gasteiger partial charge in [0, 0.05) is 10.7 Å². The van der Waals surface area contributed by atoms with Crippen molar-refractivity contribution >= 4 is 68.1 Å². The standard InChI is InChI=1S/C20H13Cl2N3O2S2/c21-12-5-7-13(8-6-12)23-17(26)11-29-20-24-15-9-10-28-18(15)19(27)25(20)16-4-2-1-3-14(16)22/h1-10H,11H2,(H,23,26). The van der Waals surface area contributed by atoms with Gasteiger partial charge >= 0.3 is 0 Å². The van der Waals surface area contributed by atoms with Gasteiger partial charge in [-0.2, -0.15) is 0 Å². The van der Waals surface area contributed by atoms with Crippen molar-refractivity contribution in [2.45, 2.75) is 5.16 Å². The number of aromatic nitrogens is 2. The normalized spacial score (nSPS) is 11.0. The third kappa shape index (κ3) is 4.33. The summed E-state index contributed by atoms with van der Waals surface area (Å²) >= 11 is 14.7. The van der Waals surface area contributed by atoms with Crippen LogP contribution in [0.4, 0.5) is 5.69 Å². The maximum atomic E-state index is 13.1. The largest absolute Gasteiger partial charge is 0.325 e. The number of carbonyl (C=O) groups excluding carboxylic acids is 1. The number of amides is 1. The lowest BCUT2D eigenvalue weighted by molar-refractivity contribution is -0.113. The molecule has 0 aliphatic heterocycles. The van der Waals surface area contributed by atoms with Crippen LogP contribution in [0.5, 0.6) is 0 Å². The minimum absolute atomic E-state index is 0.0785. The minimum atomic E-state index is -0.220. The molecule has 29 heavy (non-hydrogen) atoms. The van der Waals surface area contributed by atoms with Gasteiger partial charge in [-0.15, -0.1) is 11.3 Å². The van der Waals surface area contributed by atoms with Crippen molar-refractivity contribution in [3.63, 3.8) is 0 Å². The molecule has 146 valence electrons.